The van der Waals surface area contributed by atoms with Crippen LogP contribution < -0.4 is 9.46 Å². The van der Waals surface area contributed by atoms with Crippen molar-refractivity contribution in [3.05, 3.63) is 69.0 Å². The van der Waals surface area contributed by atoms with Gasteiger partial charge < -0.3 is 19.3 Å². The normalized spacial score (nSPS) is 18.6. The summed E-state index contributed by atoms with van der Waals surface area (Å²) in [6.45, 7) is 8.20. The van der Waals surface area contributed by atoms with Gasteiger partial charge in [-0.3, -0.25) is 14.4 Å². The van der Waals surface area contributed by atoms with Gasteiger partial charge in [0.05, 0.1) is 29.1 Å². The van der Waals surface area contributed by atoms with E-state index in [1.165, 1.54) is 6.92 Å². The molecule has 1 aromatic heterocycles. The largest absolute Gasteiger partial charge is 0.488 e. The Kier molecular flexibility index (Phi) is 10.1. The van der Waals surface area contributed by atoms with Crippen molar-refractivity contribution in [1.82, 2.24) is 15.0 Å². The van der Waals surface area contributed by atoms with Crippen molar-refractivity contribution in [3.8, 4) is 5.75 Å². The fourth-order valence-corrected chi connectivity index (χ4v) is 6.80. The lowest BCUT2D eigenvalue weighted by Crippen LogP contribution is -2.47. The molecule has 228 valence electrons. The molecule has 0 bridgehead atoms. The highest BCUT2D eigenvalue weighted by molar-refractivity contribution is 7.92. The van der Waals surface area contributed by atoms with Gasteiger partial charge in [-0.25, -0.2) is 8.42 Å². The number of aliphatic hydroxyl groups excluding tert-OH is 1. The molecule has 13 heteroatoms. The number of nitrogens with one attached hydrogen (secondary N) is 1. The fourth-order valence-electron chi connectivity index (χ4n) is 5.10. The molecular formula is C29H36Cl2N4O6S. The summed E-state index contributed by atoms with van der Waals surface area (Å²) in [6, 6.07) is 10.00. The van der Waals surface area contributed by atoms with Crippen LogP contribution in [0.5, 0.6) is 5.75 Å². The molecule has 3 atom stereocenters. The first-order valence-corrected chi connectivity index (χ1v) is 15.8. The first-order valence-electron chi connectivity index (χ1n) is 13.6. The van der Waals surface area contributed by atoms with E-state index in [1.54, 1.807) is 43.0 Å². The van der Waals surface area contributed by atoms with E-state index in [2.05, 4.69) is 14.8 Å². The summed E-state index contributed by atoms with van der Waals surface area (Å²) in [5.74, 6) is 0.380. The highest BCUT2D eigenvalue weighted by Crippen LogP contribution is 2.31. The molecule has 0 spiro atoms. The number of hydrogen-bond acceptors (Lipinski definition) is 8. The van der Waals surface area contributed by atoms with Gasteiger partial charge in [0.2, 0.25) is 5.91 Å². The zero-order valence-corrected chi connectivity index (χ0v) is 26.6. The number of hydrogen-bond donors (Lipinski definition) is 2. The van der Waals surface area contributed by atoms with Crippen molar-refractivity contribution < 1.29 is 27.6 Å². The van der Waals surface area contributed by atoms with Gasteiger partial charge in [0.25, 0.3) is 10.0 Å². The van der Waals surface area contributed by atoms with Crippen LogP contribution in [-0.2, 0) is 27.8 Å². The molecule has 1 amide bonds. The third-order valence-corrected chi connectivity index (χ3v) is 9.70. The molecule has 1 aliphatic heterocycles. The van der Waals surface area contributed by atoms with E-state index >= 15 is 0 Å². The zero-order valence-electron chi connectivity index (χ0n) is 24.2. The summed E-state index contributed by atoms with van der Waals surface area (Å²) in [6.07, 6.45) is -0.361. The standard InChI is InChI=1S/C29H36Cl2N4O6S/c1-17-13-35(18(2)16-36)28(37)12-22-11-23(33-42(38,39)29-19(3)32-41-20(29)4)7-9-26(22)40-27(17)15-34(5)14-21-6-8-24(30)25(31)10-21/h6-11,17-18,27,33,36H,12-16H2,1-5H3/t17-,18-,27-/m0/s1. The Morgan fingerprint density at radius 3 is 2.57 bits per heavy atom. The number of rotatable bonds is 9. The van der Waals surface area contributed by atoms with Crippen molar-refractivity contribution in [2.75, 3.05) is 31.5 Å². The lowest BCUT2D eigenvalue weighted by atomic mass is 10.0. The maximum absolute atomic E-state index is 13.5. The van der Waals surface area contributed by atoms with E-state index < -0.39 is 16.1 Å². The van der Waals surface area contributed by atoms with Crippen molar-refractivity contribution in [3.63, 3.8) is 0 Å². The maximum Gasteiger partial charge on any atom is 0.267 e. The van der Waals surface area contributed by atoms with Crippen LogP contribution in [0.15, 0.2) is 45.8 Å². The molecule has 0 saturated heterocycles. The number of benzene rings is 2. The van der Waals surface area contributed by atoms with Gasteiger partial charge in [0.1, 0.15) is 17.5 Å². The average molecular weight is 640 g/mol. The quantitative estimate of drug-likeness (QED) is 0.346. The van der Waals surface area contributed by atoms with Crippen LogP contribution in [-0.4, -0.2) is 73.3 Å². The predicted octanol–water partition coefficient (Wildman–Crippen LogP) is 4.68. The Labute approximate surface area is 256 Å². The summed E-state index contributed by atoms with van der Waals surface area (Å²) >= 11 is 12.3. The third kappa shape index (κ3) is 7.38. The lowest BCUT2D eigenvalue weighted by Gasteiger charge is -2.34. The highest BCUT2D eigenvalue weighted by Gasteiger charge is 2.32. The Morgan fingerprint density at radius 2 is 1.93 bits per heavy atom. The van der Waals surface area contributed by atoms with E-state index in [1.807, 2.05) is 26.1 Å². The van der Waals surface area contributed by atoms with Crippen LogP contribution in [0, 0.1) is 19.8 Å². The van der Waals surface area contributed by atoms with Crippen LogP contribution in [0.1, 0.15) is 36.4 Å². The number of halogens is 2. The van der Waals surface area contributed by atoms with Crippen molar-refractivity contribution in [2.24, 2.45) is 5.92 Å². The number of nitrogens with zero attached hydrogens (tertiary/aromatic N) is 3. The molecule has 1 aliphatic rings. The molecule has 10 nitrogen and oxygen atoms in total. The summed E-state index contributed by atoms with van der Waals surface area (Å²) < 4.78 is 40.4. The lowest BCUT2D eigenvalue weighted by molar-refractivity contribution is -0.134. The summed E-state index contributed by atoms with van der Waals surface area (Å²) in [7, 11) is -2.02. The number of carbonyl (C=O) groups is 1. The van der Waals surface area contributed by atoms with Crippen LogP contribution in [0.3, 0.4) is 0 Å². The molecule has 0 fully saturated rings. The van der Waals surface area contributed by atoms with E-state index in [0.29, 0.717) is 41.0 Å². The van der Waals surface area contributed by atoms with Crippen LogP contribution >= 0.6 is 23.2 Å². The van der Waals surface area contributed by atoms with Crippen molar-refractivity contribution >= 4 is 44.8 Å². The molecule has 2 N–H and O–H groups in total. The number of aliphatic hydroxyl groups is 1. The topological polar surface area (TPSA) is 125 Å². The molecule has 0 radical (unpaired) electrons. The van der Waals surface area contributed by atoms with Crippen molar-refractivity contribution in [1.29, 1.82) is 0 Å². The molecule has 3 aromatic rings. The zero-order chi connectivity index (χ0) is 30.8. The Hall–Kier alpha value is -2.83. The van der Waals surface area contributed by atoms with Gasteiger partial charge in [-0.15, -0.1) is 0 Å². The number of fused-ring (bicyclic) bond motifs is 1. The smallest absolute Gasteiger partial charge is 0.267 e. The molecule has 2 aromatic carbocycles. The second-order valence-electron chi connectivity index (χ2n) is 10.9. The van der Waals surface area contributed by atoms with Gasteiger partial charge in [-0.1, -0.05) is 41.3 Å². The third-order valence-electron chi connectivity index (χ3n) is 7.33. The Bertz CT molecular complexity index is 1530. The van der Waals surface area contributed by atoms with Crippen molar-refractivity contribution in [2.45, 2.75) is 57.7 Å². The molecular weight excluding hydrogens is 603 g/mol. The van der Waals surface area contributed by atoms with Gasteiger partial charge in [0, 0.05) is 36.8 Å². The Morgan fingerprint density at radius 1 is 1.19 bits per heavy atom. The summed E-state index contributed by atoms with van der Waals surface area (Å²) in [5.41, 5.74) is 2.04. The minimum absolute atomic E-state index is 0.0276. The minimum Gasteiger partial charge on any atom is -0.488 e. The SMILES string of the molecule is Cc1noc(C)c1S(=O)(=O)Nc1ccc2c(c1)CC(=O)N([C@@H](C)CO)C[C@H](C)[C@H](CN(C)Cc1ccc(Cl)c(Cl)c1)O2. The monoisotopic (exact) mass is 638 g/mol. The van der Waals surface area contributed by atoms with Gasteiger partial charge >= 0.3 is 0 Å². The number of sulfonamides is 1. The minimum atomic E-state index is -3.99. The van der Waals surface area contributed by atoms with E-state index in [4.69, 9.17) is 32.5 Å². The summed E-state index contributed by atoms with van der Waals surface area (Å²) in [5, 5.41) is 14.6. The highest BCUT2D eigenvalue weighted by atomic mass is 35.5. The van der Waals surface area contributed by atoms with Crippen LogP contribution in [0.4, 0.5) is 5.69 Å². The number of likely N-dealkylation sites (N-methyl/N-ethyl adjacent to an activating group) is 1. The second kappa shape index (κ2) is 13.2. The first kappa shape index (κ1) is 32.1. The molecule has 0 saturated carbocycles. The van der Waals surface area contributed by atoms with E-state index in [0.717, 1.165) is 5.56 Å². The number of aromatic nitrogens is 1. The number of anilines is 1. The molecule has 0 aliphatic carbocycles. The van der Waals surface area contributed by atoms with E-state index in [-0.39, 0.29) is 53.0 Å². The Balaban J connectivity index is 1.64. The van der Waals surface area contributed by atoms with Gasteiger partial charge in [-0.05, 0) is 63.7 Å². The summed E-state index contributed by atoms with van der Waals surface area (Å²) in [4.78, 5) is 17.2. The fraction of sp³-hybridized carbons (Fsp3) is 0.448. The molecule has 42 heavy (non-hydrogen) atoms. The maximum atomic E-state index is 13.5. The predicted molar refractivity (Wildman–Crippen MR) is 162 cm³/mol. The van der Waals surface area contributed by atoms with Crippen LogP contribution in [0.25, 0.3) is 0 Å². The van der Waals surface area contributed by atoms with Gasteiger partial charge in [-0.2, -0.15) is 0 Å². The molecule has 4 rings (SSSR count). The number of amides is 1. The average Bonchev–Trinajstić information content (AvgIpc) is 3.28. The number of carbonyl (C=O) groups excluding carboxylic acids is 1. The van der Waals surface area contributed by atoms with Crippen LogP contribution in [0.2, 0.25) is 10.0 Å². The number of ether oxygens (including phenoxy) is 1. The molecule has 0 unspecified atom stereocenters. The molecule has 2 heterocycles. The first-order chi connectivity index (χ1) is 19.8. The van der Waals surface area contributed by atoms with Gasteiger partial charge in [0.15, 0.2) is 10.7 Å². The number of aryl methyl sites for hydroxylation is 2. The van der Waals surface area contributed by atoms with E-state index in [9.17, 15) is 18.3 Å². The second-order valence-corrected chi connectivity index (χ2v) is 13.3.